The van der Waals surface area contributed by atoms with Gasteiger partial charge in [0.2, 0.25) is 0 Å². The van der Waals surface area contributed by atoms with Crippen molar-refractivity contribution < 1.29 is 15.0 Å². The van der Waals surface area contributed by atoms with Crippen LogP contribution in [0.25, 0.3) is 0 Å². The molecule has 0 bridgehead atoms. The second-order valence-corrected chi connectivity index (χ2v) is 3.27. The molecule has 2 atom stereocenters. The lowest BCUT2D eigenvalue weighted by Crippen LogP contribution is -2.47. The van der Waals surface area contributed by atoms with Crippen LogP contribution in [-0.2, 0) is 4.79 Å². The topological polar surface area (TPSA) is 69.6 Å². The summed E-state index contributed by atoms with van der Waals surface area (Å²) in [5.41, 5.74) is -1.66. The van der Waals surface area contributed by atoms with Gasteiger partial charge in [-0.05, 0) is 20.3 Å². The Hall–Kier alpha value is -0.610. The van der Waals surface area contributed by atoms with E-state index in [1.807, 2.05) is 13.8 Å². The molecule has 0 aromatic carbocycles. The molecule has 0 aliphatic heterocycles. The van der Waals surface area contributed by atoms with Gasteiger partial charge in [0.15, 0.2) is 5.60 Å². The van der Waals surface area contributed by atoms with Crippen LogP contribution >= 0.6 is 0 Å². The molecular weight excluding hydrogens is 158 g/mol. The lowest BCUT2D eigenvalue weighted by molar-refractivity contribution is -0.156. The van der Waals surface area contributed by atoms with Crippen LogP contribution in [0, 0.1) is 0 Å². The Morgan fingerprint density at radius 2 is 2.17 bits per heavy atom. The Morgan fingerprint density at radius 3 is 2.50 bits per heavy atom. The second-order valence-electron chi connectivity index (χ2n) is 3.27. The highest BCUT2D eigenvalue weighted by molar-refractivity contribution is 5.76. The van der Waals surface area contributed by atoms with Gasteiger partial charge in [0.25, 0.3) is 0 Å². The molecule has 0 aromatic heterocycles. The Morgan fingerprint density at radius 1 is 1.67 bits per heavy atom. The fraction of sp³-hybridized carbons (Fsp3) is 0.875. The summed E-state index contributed by atoms with van der Waals surface area (Å²) in [6.07, 6.45) is 0.912. The minimum Gasteiger partial charge on any atom is -0.479 e. The van der Waals surface area contributed by atoms with Gasteiger partial charge in [-0.15, -0.1) is 0 Å². The van der Waals surface area contributed by atoms with E-state index in [2.05, 4.69) is 5.32 Å². The summed E-state index contributed by atoms with van der Waals surface area (Å²) in [5.74, 6) is -1.20. The summed E-state index contributed by atoms with van der Waals surface area (Å²) < 4.78 is 0. The molecule has 12 heavy (non-hydrogen) atoms. The van der Waals surface area contributed by atoms with Gasteiger partial charge < -0.3 is 15.5 Å². The fourth-order valence-corrected chi connectivity index (χ4v) is 0.593. The molecule has 0 aliphatic rings. The highest BCUT2D eigenvalue weighted by Crippen LogP contribution is 2.01. The summed E-state index contributed by atoms with van der Waals surface area (Å²) in [4.78, 5) is 10.4. The van der Waals surface area contributed by atoms with Crippen LogP contribution < -0.4 is 5.32 Å². The number of aliphatic hydroxyl groups is 1. The molecule has 4 heteroatoms. The van der Waals surface area contributed by atoms with Crippen molar-refractivity contribution in [3.8, 4) is 0 Å². The molecule has 0 rings (SSSR count). The minimum atomic E-state index is -1.66. The van der Waals surface area contributed by atoms with Crippen molar-refractivity contribution in [1.82, 2.24) is 5.32 Å². The van der Waals surface area contributed by atoms with Crippen LogP contribution in [0.1, 0.15) is 27.2 Å². The van der Waals surface area contributed by atoms with E-state index in [0.717, 1.165) is 6.42 Å². The molecule has 0 amide bonds. The van der Waals surface area contributed by atoms with Crippen molar-refractivity contribution in [3.63, 3.8) is 0 Å². The molecule has 0 radical (unpaired) electrons. The van der Waals surface area contributed by atoms with Gasteiger partial charge in [0.05, 0.1) is 0 Å². The summed E-state index contributed by atoms with van der Waals surface area (Å²) in [6.45, 7) is 5.30. The van der Waals surface area contributed by atoms with Gasteiger partial charge in [0.1, 0.15) is 0 Å². The van der Waals surface area contributed by atoms with Gasteiger partial charge in [-0.3, -0.25) is 0 Å². The molecule has 72 valence electrons. The Balaban J connectivity index is 3.83. The standard InChI is InChI=1S/C8H17NO3/c1-4-6(2)9-5-8(3,12)7(10)11/h6,9,12H,4-5H2,1-3H3,(H,10,11). The summed E-state index contributed by atoms with van der Waals surface area (Å²) >= 11 is 0. The van der Waals surface area contributed by atoms with Crippen LogP contribution in [0.2, 0.25) is 0 Å². The van der Waals surface area contributed by atoms with E-state index in [-0.39, 0.29) is 12.6 Å². The van der Waals surface area contributed by atoms with Gasteiger partial charge in [-0.1, -0.05) is 6.92 Å². The highest BCUT2D eigenvalue weighted by atomic mass is 16.4. The Bertz CT molecular complexity index is 156. The normalized spacial score (nSPS) is 18.3. The first-order chi connectivity index (χ1) is 5.40. The Labute approximate surface area is 72.6 Å². The number of carboxylic acid groups (broad SMARTS) is 1. The third-order valence-electron chi connectivity index (χ3n) is 1.87. The number of rotatable bonds is 5. The van der Waals surface area contributed by atoms with Crippen molar-refractivity contribution in [2.24, 2.45) is 0 Å². The molecule has 2 unspecified atom stereocenters. The van der Waals surface area contributed by atoms with Crippen LogP contribution in [0.5, 0.6) is 0 Å². The smallest absolute Gasteiger partial charge is 0.336 e. The third-order valence-corrected chi connectivity index (χ3v) is 1.87. The quantitative estimate of drug-likeness (QED) is 0.558. The molecule has 0 saturated heterocycles. The van der Waals surface area contributed by atoms with Crippen LogP contribution in [0.4, 0.5) is 0 Å². The molecule has 0 aromatic rings. The first-order valence-corrected chi connectivity index (χ1v) is 4.09. The van der Waals surface area contributed by atoms with Crippen molar-refractivity contribution in [2.75, 3.05) is 6.54 Å². The number of hydrogen-bond donors (Lipinski definition) is 3. The number of aliphatic carboxylic acids is 1. The Kier molecular flexibility index (Phi) is 4.20. The molecule has 0 saturated carbocycles. The SMILES string of the molecule is CCC(C)NCC(C)(O)C(=O)O. The molecule has 3 N–H and O–H groups in total. The van der Waals surface area contributed by atoms with E-state index >= 15 is 0 Å². The summed E-state index contributed by atoms with van der Waals surface area (Å²) in [7, 11) is 0. The van der Waals surface area contributed by atoms with E-state index in [0.29, 0.717) is 0 Å². The van der Waals surface area contributed by atoms with Crippen molar-refractivity contribution >= 4 is 5.97 Å². The predicted molar refractivity (Wildman–Crippen MR) is 46.0 cm³/mol. The zero-order valence-electron chi connectivity index (χ0n) is 7.79. The van der Waals surface area contributed by atoms with Crippen molar-refractivity contribution in [3.05, 3.63) is 0 Å². The maximum atomic E-state index is 10.4. The average molecular weight is 175 g/mol. The van der Waals surface area contributed by atoms with Crippen LogP contribution in [0.3, 0.4) is 0 Å². The number of nitrogens with one attached hydrogen (secondary N) is 1. The number of carbonyl (C=O) groups is 1. The zero-order chi connectivity index (χ0) is 9.78. The number of hydrogen-bond acceptors (Lipinski definition) is 3. The lowest BCUT2D eigenvalue weighted by Gasteiger charge is -2.20. The molecular formula is C8H17NO3. The van der Waals surface area contributed by atoms with E-state index in [1.54, 1.807) is 0 Å². The highest BCUT2D eigenvalue weighted by Gasteiger charge is 2.29. The van der Waals surface area contributed by atoms with Gasteiger partial charge in [-0.25, -0.2) is 4.79 Å². The van der Waals surface area contributed by atoms with E-state index in [1.165, 1.54) is 6.92 Å². The zero-order valence-corrected chi connectivity index (χ0v) is 7.79. The minimum absolute atomic E-state index is 0.0807. The van der Waals surface area contributed by atoms with Crippen molar-refractivity contribution in [1.29, 1.82) is 0 Å². The van der Waals surface area contributed by atoms with Crippen molar-refractivity contribution in [2.45, 2.75) is 38.8 Å². The molecule has 4 nitrogen and oxygen atoms in total. The van der Waals surface area contributed by atoms with E-state index in [4.69, 9.17) is 5.11 Å². The first kappa shape index (κ1) is 11.4. The summed E-state index contributed by atoms with van der Waals surface area (Å²) in [5, 5.41) is 20.7. The largest absolute Gasteiger partial charge is 0.479 e. The monoisotopic (exact) mass is 175 g/mol. The fourth-order valence-electron chi connectivity index (χ4n) is 0.593. The maximum Gasteiger partial charge on any atom is 0.336 e. The third kappa shape index (κ3) is 3.69. The molecule has 0 fully saturated rings. The predicted octanol–water partition coefficient (Wildman–Crippen LogP) is 0.210. The van der Waals surface area contributed by atoms with Gasteiger partial charge in [-0.2, -0.15) is 0 Å². The molecule has 0 aliphatic carbocycles. The van der Waals surface area contributed by atoms with Gasteiger partial charge >= 0.3 is 5.97 Å². The average Bonchev–Trinajstić information content (AvgIpc) is 2.00. The first-order valence-electron chi connectivity index (χ1n) is 4.09. The summed E-state index contributed by atoms with van der Waals surface area (Å²) in [6, 6.07) is 0.232. The second kappa shape index (κ2) is 4.42. The van der Waals surface area contributed by atoms with Crippen LogP contribution in [-0.4, -0.2) is 34.4 Å². The number of carboxylic acids is 1. The lowest BCUT2D eigenvalue weighted by atomic mass is 10.1. The molecule has 0 spiro atoms. The van der Waals surface area contributed by atoms with Gasteiger partial charge in [0, 0.05) is 12.6 Å². The van der Waals surface area contributed by atoms with Crippen LogP contribution in [0.15, 0.2) is 0 Å². The molecule has 0 heterocycles. The van der Waals surface area contributed by atoms with E-state index < -0.39 is 11.6 Å². The van der Waals surface area contributed by atoms with E-state index in [9.17, 15) is 9.90 Å². The maximum absolute atomic E-state index is 10.4.